The normalized spacial score (nSPS) is 12.8. The number of nitrogen functional groups attached to an aromatic ring is 1. The first-order valence-corrected chi connectivity index (χ1v) is 8.33. The van der Waals surface area contributed by atoms with E-state index in [-0.39, 0.29) is 16.7 Å². The number of imide groups is 1. The Bertz CT molecular complexity index is 1120. The van der Waals surface area contributed by atoms with E-state index in [4.69, 9.17) is 15.6 Å². The molecular weight excluding hydrogens is 360 g/mol. The number of hydrogen-bond acceptors (Lipinski definition) is 5. The number of nitrogens with zero attached hydrogens (tertiary/aromatic N) is 1. The van der Waals surface area contributed by atoms with Gasteiger partial charge in [0.1, 0.15) is 11.5 Å². The number of carbonyl (C=O) groups excluding carboxylic acids is 2. The second kappa shape index (κ2) is 6.55. The van der Waals surface area contributed by atoms with Crippen molar-refractivity contribution in [3.05, 3.63) is 83.4 Å². The third kappa shape index (κ3) is 2.95. The smallest absolute Gasteiger partial charge is 0.335 e. The first-order valence-electron chi connectivity index (χ1n) is 8.33. The Morgan fingerprint density at radius 2 is 1.54 bits per heavy atom. The van der Waals surface area contributed by atoms with E-state index < -0.39 is 17.8 Å². The molecule has 3 aromatic carbocycles. The number of carboxylic acids is 1. The van der Waals surface area contributed by atoms with Crippen LogP contribution in [0.3, 0.4) is 0 Å². The monoisotopic (exact) mass is 374 g/mol. The number of carboxylic acid groups (broad SMARTS) is 1. The van der Waals surface area contributed by atoms with Gasteiger partial charge in [0.2, 0.25) is 0 Å². The van der Waals surface area contributed by atoms with Gasteiger partial charge in [-0.3, -0.25) is 9.59 Å². The standard InChI is InChI=1S/C21H14N2O5/c22-13-2-1-3-15(10-13)28-16-8-9-17-18(11-16)20(25)23(19(17)24)14-6-4-12(5-7-14)21(26)27/h1-11H,22H2,(H,26,27). The summed E-state index contributed by atoms with van der Waals surface area (Å²) < 4.78 is 5.72. The van der Waals surface area contributed by atoms with Crippen molar-refractivity contribution in [3.8, 4) is 11.5 Å². The van der Waals surface area contributed by atoms with E-state index >= 15 is 0 Å². The summed E-state index contributed by atoms with van der Waals surface area (Å²) in [5.41, 5.74) is 7.12. The van der Waals surface area contributed by atoms with Crippen molar-refractivity contribution in [2.75, 3.05) is 10.6 Å². The molecule has 0 saturated carbocycles. The first-order chi connectivity index (χ1) is 13.4. The van der Waals surface area contributed by atoms with Crippen LogP contribution in [0.25, 0.3) is 0 Å². The maximum Gasteiger partial charge on any atom is 0.335 e. The lowest BCUT2D eigenvalue weighted by molar-refractivity contribution is 0.0696. The molecule has 3 N–H and O–H groups in total. The van der Waals surface area contributed by atoms with E-state index in [9.17, 15) is 14.4 Å². The van der Waals surface area contributed by atoms with Gasteiger partial charge in [-0.25, -0.2) is 9.69 Å². The molecule has 1 heterocycles. The molecule has 138 valence electrons. The fourth-order valence-electron chi connectivity index (χ4n) is 2.99. The largest absolute Gasteiger partial charge is 0.478 e. The Labute approximate surface area is 159 Å². The summed E-state index contributed by atoms with van der Waals surface area (Å²) in [6.45, 7) is 0. The summed E-state index contributed by atoms with van der Waals surface area (Å²) >= 11 is 0. The molecule has 0 aromatic heterocycles. The van der Waals surface area contributed by atoms with Crippen molar-refractivity contribution >= 4 is 29.2 Å². The zero-order chi connectivity index (χ0) is 19.8. The fraction of sp³-hybridized carbons (Fsp3) is 0. The van der Waals surface area contributed by atoms with Crippen LogP contribution in [0.4, 0.5) is 11.4 Å². The van der Waals surface area contributed by atoms with Gasteiger partial charge in [-0.1, -0.05) is 6.07 Å². The van der Waals surface area contributed by atoms with Crippen molar-refractivity contribution in [3.63, 3.8) is 0 Å². The minimum atomic E-state index is -1.09. The van der Waals surface area contributed by atoms with Crippen molar-refractivity contribution in [1.29, 1.82) is 0 Å². The Morgan fingerprint density at radius 1 is 0.857 bits per heavy atom. The average Bonchev–Trinajstić information content (AvgIpc) is 2.92. The van der Waals surface area contributed by atoms with Crippen LogP contribution in [0, 0.1) is 0 Å². The molecule has 7 heteroatoms. The molecule has 1 aliphatic rings. The highest BCUT2D eigenvalue weighted by Gasteiger charge is 2.37. The van der Waals surface area contributed by atoms with E-state index in [0.29, 0.717) is 22.9 Å². The zero-order valence-electron chi connectivity index (χ0n) is 14.5. The van der Waals surface area contributed by atoms with Gasteiger partial charge in [-0.05, 0) is 54.6 Å². The Kier molecular flexibility index (Phi) is 4.04. The van der Waals surface area contributed by atoms with Crippen molar-refractivity contribution < 1.29 is 24.2 Å². The highest BCUT2D eigenvalue weighted by molar-refractivity contribution is 6.34. The van der Waals surface area contributed by atoms with Crippen LogP contribution in [-0.2, 0) is 0 Å². The Balaban J connectivity index is 1.64. The van der Waals surface area contributed by atoms with Crippen LogP contribution in [0.15, 0.2) is 66.7 Å². The van der Waals surface area contributed by atoms with Crippen molar-refractivity contribution in [1.82, 2.24) is 0 Å². The van der Waals surface area contributed by atoms with E-state index in [0.717, 1.165) is 4.90 Å². The van der Waals surface area contributed by atoms with E-state index in [1.54, 1.807) is 30.3 Å². The fourth-order valence-corrected chi connectivity index (χ4v) is 2.99. The van der Waals surface area contributed by atoms with Crippen molar-refractivity contribution in [2.45, 2.75) is 0 Å². The second-order valence-corrected chi connectivity index (χ2v) is 6.18. The first kappa shape index (κ1) is 17.3. The predicted octanol–water partition coefficient (Wildman–Crippen LogP) is 3.56. The highest BCUT2D eigenvalue weighted by Crippen LogP contribution is 2.32. The minimum Gasteiger partial charge on any atom is -0.478 e. The van der Waals surface area contributed by atoms with Gasteiger partial charge >= 0.3 is 5.97 Å². The lowest BCUT2D eigenvalue weighted by Crippen LogP contribution is -2.29. The topological polar surface area (TPSA) is 110 Å². The van der Waals surface area contributed by atoms with Crippen LogP contribution in [0.5, 0.6) is 11.5 Å². The van der Waals surface area contributed by atoms with E-state index in [1.165, 1.54) is 36.4 Å². The van der Waals surface area contributed by atoms with Crippen LogP contribution >= 0.6 is 0 Å². The number of nitrogens with two attached hydrogens (primary N) is 1. The SMILES string of the molecule is Nc1cccc(Oc2ccc3c(c2)C(=O)N(c2ccc(C(=O)O)cc2)C3=O)c1. The quantitative estimate of drug-likeness (QED) is 0.534. The molecule has 28 heavy (non-hydrogen) atoms. The summed E-state index contributed by atoms with van der Waals surface area (Å²) in [5, 5.41) is 8.99. The number of fused-ring (bicyclic) bond motifs is 1. The van der Waals surface area contributed by atoms with Crippen LogP contribution < -0.4 is 15.4 Å². The van der Waals surface area contributed by atoms with E-state index in [1.807, 2.05) is 0 Å². The zero-order valence-corrected chi connectivity index (χ0v) is 14.5. The van der Waals surface area contributed by atoms with Crippen LogP contribution in [0.1, 0.15) is 31.1 Å². The molecule has 0 atom stereocenters. The molecule has 3 aromatic rings. The number of ether oxygens (including phenoxy) is 1. The summed E-state index contributed by atoms with van der Waals surface area (Å²) in [4.78, 5) is 37.5. The maximum atomic E-state index is 12.8. The molecule has 0 unspecified atom stereocenters. The molecule has 0 fully saturated rings. The highest BCUT2D eigenvalue weighted by atomic mass is 16.5. The van der Waals surface area contributed by atoms with Gasteiger partial charge in [-0.15, -0.1) is 0 Å². The van der Waals surface area contributed by atoms with Gasteiger partial charge in [0.25, 0.3) is 11.8 Å². The van der Waals surface area contributed by atoms with Gasteiger partial charge in [0.15, 0.2) is 0 Å². The summed E-state index contributed by atoms with van der Waals surface area (Å²) in [5.74, 6) is -1.15. The molecule has 4 rings (SSSR count). The van der Waals surface area contributed by atoms with Crippen molar-refractivity contribution in [2.24, 2.45) is 0 Å². The van der Waals surface area contributed by atoms with Gasteiger partial charge in [0, 0.05) is 11.8 Å². The Morgan fingerprint density at radius 3 is 2.21 bits per heavy atom. The third-order valence-electron chi connectivity index (χ3n) is 4.32. The molecule has 7 nitrogen and oxygen atoms in total. The maximum absolute atomic E-state index is 12.8. The molecule has 0 spiro atoms. The Hall–Kier alpha value is -4.13. The second-order valence-electron chi connectivity index (χ2n) is 6.18. The third-order valence-corrected chi connectivity index (χ3v) is 4.32. The molecular formula is C21H14N2O5. The summed E-state index contributed by atoms with van der Waals surface area (Å²) in [7, 11) is 0. The number of carbonyl (C=O) groups is 3. The minimum absolute atomic E-state index is 0.0678. The lowest BCUT2D eigenvalue weighted by atomic mass is 10.1. The average molecular weight is 374 g/mol. The molecule has 1 aliphatic heterocycles. The molecule has 2 amide bonds. The van der Waals surface area contributed by atoms with Gasteiger partial charge < -0.3 is 15.6 Å². The number of amides is 2. The lowest BCUT2D eigenvalue weighted by Gasteiger charge is -2.13. The van der Waals surface area contributed by atoms with Gasteiger partial charge in [0.05, 0.1) is 22.4 Å². The molecule has 0 saturated heterocycles. The summed E-state index contributed by atoms with van der Waals surface area (Å²) in [6.07, 6.45) is 0. The van der Waals surface area contributed by atoms with E-state index in [2.05, 4.69) is 0 Å². The number of anilines is 2. The van der Waals surface area contributed by atoms with Crippen LogP contribution in [0.2, 0.25) is 0 Å². The van der Waals surface area contributed by atoms with Crippen LogP contribution in [-0.4, -0.2) is 22.9 Å². The summed E-state index contributed by atoms with van der Waals surface area (Å²) in [6, 6.07) is 17.0. The number of aromatic carboxylic acids is 1. The number of rotatable bonds is 4. The molecule has 0 radical (unpaired) electrons. The number of benzene rings is 3. The molecule has 0 bridgehead atoms. The number of hydrogen-bond donors (Lipinski definition) is 2. The predicted molar refractivity (Wildman–Crippen MR) is 102 cm³/mol. The van der Waals surface area contributed by atoms with Gasteiger partial charge in [-0.2, -0.15) is 0 Å². The molecule has 0 aliphatic carbocycles.